The summed E-state index contributed by atoms with van der Waals surface area (Å²) in [5.41, 5.74) is 2.35. The van der Waals surface area contributed by atoms with Gasteiger partial charge >= 0.3 is 0 Å². The number of hydrogen-bond acceptors (Lipinski definition) is 4. The van der Waals surface area contributed by atoms with Gasteiger partial charge in [-0.15, -0.1) is 10.2 Å². The first-order chi connectivity index (χ1) is 12.4. The van der Waals surface area contributed by atoms with Crippen LogP contribution in [0, 0.1) is 19.7 Å². The average molecular weight is 391 g/mol. The minimum absolute atomic E-state index is 0.158. The van der Waals surface area contributed by atoms with E-state index >= 15 is 0 Å². The molecule has 1 heterocycles. The Morgan fingerprint density at radius 2 is 1.92 bits per heavy atom. The molecule has 0 saturated carbocycles. The summed E-state index contributed by atoms with van der Waals surface area (Å²) in [5, 5.41) is 12.1. The summed E-state index contributed by atoms with van der Waals surface area (Å²) in [6.07, 6.45) is 0. The van der Waals surface area contributed by atoms with Crippen molar-refractivity contribution in [2.45, 2.75) is 19.0 Å². The Morgan fingerprint density at radius 1 is 1.19 bits per heavy atom. The minimum atomic E-state index is -0.315. The summed E-state index contributed by atoms with van der Waals surface area (Å²) in [7, 11) is 0. The van der Waals surface area contributed by atoms with Crippen LogP contribution in [0.4, 0.5) is 10.1 Å². The lowest BCUT2D eigenvalue weighted by Gasteiger charge is -2.10. The van der Waals surface area contributed by atoms with Crippen molar-refractivity contribution in [2.24, 2.45) is 0 Å². The van der Waals surface area contributed by atoms with Crippen LogP contribution in [0.25, 0.3) is 5.69 Å². The Balaban J connectivity index is 1.71. The number of benzene rings is 2. The fourth-order valence-corrected chi connectivity index (χ4v) is 3.34. The molecule has 0 aliphatic carbocycles. The molecule has 1 amide bonds. The highest BCUT2D eigenvalue weighted by Gasteiger charge is 2.14. The summed E-state index contributed by atoms with van der Waals surface area (Å²) in [6, 6.07) is 11.4. The maximum Gasteiger partial charge on any atom is 0.234 e. The molecule has 0 aliphatic rings. The number of carbonyl (C=O) groups is 1. The van der Waals surface area contributed by atoms with Gasteiger partial charge in [-0.3, -0.25) is 9.36 Å². The van der Waals surface area contributed by atoms with Crippen molar-refractivity contribution in [2.75, 3.05) is 11.1 Å². The maximum absolute atomic E-state index is 13.1. The van der Waals surface area contributed by atoms with Gasteiger partial charge in [0.25, 0.3) is 0 Å². The summed E-state index contributed by atoms with van der Waals surface area (Å²) in [4.78, 5) is 12.3. The number of rotatable bonds is 5. The monoisotopic (exact) mass is 390 g/mol. The van der Waals surface area contributed by atoms with E-state index in [1.165, 1.54) is 23.9 Å². The van der Waals surface area contributed by atoms with Crippen LogP contribution in [-0.2, 0) is 4.79 Å². The Kier molecular flexibility index (Phi) is 5.58. The van der Waals surface area contributed by atoms with Crippen LogP contribution in [0.1, 0.15) is 11.4 Å². The average Bonchev–Trinajstić information content (AvgIpc) is 2.98. The fraction of sp³-hybridized carbons (Fsp3) is 0.167. The lowest BCUT2D eigenvalue weighted by molar-refractivity contribution is -0.113. The topological polar surface area (TPSA) is 59.8 Å². The number of nitrogens with zero attached hydrogens (tertiary/aromatic N) is 3. The standard InChI is InChI=1S/C18H16ClFN4OS/c1-11-3-4-13(19)9-16(11)21-17(25)10-26-18-23-22-12(2)24(18)15-7-5-14(20)6-8-15/h3-9H,10H2,1-2H3,(H,21,25). The minimum Gasteiger partial charge on any atom is -0.325 e. The highest BCUT2D eigenvalue weighted by Crippen LogP contribution is 2.24. The van der Waals surface area contributed by atoms with E-state index in [0.717, 1.165) is 11.3 Å². The maximum atomic E-state index is 13.1. The molecule has 0 spiro atoms. The number of halogens is 2. The van der Waals surface area contributed by atoms with Gasteiger partial charge in [0.05, 0.1) is 5.75 Å². The zero-order valence-corrected chi connectivity index (χ0v) is 15.7. The van der Waals surface area contributed by atoms with E-state index in [9.17, 15) is 9.18 Å². The first-order valence-electron chi connectivity index (χ1n) is 7.81. The molecule has 3 rings (SSSR count). The zero-order valence-electron chi connectivity index (χ0n) is 14.2. The lowest BCUT2D eigenvalue weighted by Crippen LogP contribution is -2.15. The molecule has 0 saturated heterocycles. The van der Waals surface area contributed by atoms with E-state index in [1.54, 1.807) is 35.8 Å². The van der Waals surface area contributed by atoms with Crippen molar-refractivity contribution in [1.29, 1.82) is 0 Å². The molecule has 2 aromatic carbocycles. The van der Waals surface area contributed by atoms with Gasteiger partial charge in [-0.25, -0.2) is 4.39 Å². The number of aromatic nitrogens is 3. The second-order valence-corrected chi connectivity index (χ2v) is 7.02. The van der Waals surface area contributed by atoms with Gasteiger partial charge in [0, 0.05) is 16.4 Å². The molecule has 0 aliphatic heterocycles. The molecule has 0 atom stereocenters. The quantitative estimate of drug-likeness (QED) is 0.655. The van der Waals surface area contributed by atoms with Crippen molar-refractivity contribution >= 4 is 35.0 Å². The molecular weight excluding hydrogens is 375 g/mol. The van der Waals surface area contributed by atoms with E-state index in [4.69, 9.17) is 11.6 Å². The number of hydrogen-bond donors (Lipinski definition) is 1. The van der Waals surface area contributed by atoms with E-state index in [-0.39, 0.29) is 17.5 Å². The number of aryl methyl sites for hydroxylation is 2. The van der Waals surface area contributed by atoms with E-state index in [2.05, 4.69) is 15.5 Å². The Hall–Kier alpha value is -2.38. The van der Waals surface area contributed by atoms with Crippen LogP contribution in [0.2, 0.25) is 5.02 Å². The summed E-state index contributed by atoms with van der Waals surface area (Å²) in [6.45, 7) is 3.70. The number of anilines is 1. The van der Waals surface area contributed by atoms with Gasteiger partial charge in [0.15, 0.2) is 5.16 Å². The van der Waals surface area contributed by atoms with Crippen LogP contribution >= 0.6 is 23.4 Å². The van der Waals surface area contributed by atoms with Crippen LogP contribution in [-0.4, -0.2) is 26.4 Å². The third-order valence-corrected chi connectivity index (χ3v) is 4.85. The second-order valence-electron chi connectivity index (χ2n) is 5.64. The molecule has 1 N–H and O–H groups in total. The van der Waals surface area contributed by atoms with Crippen molar-refractivity contribution in [3.63, 3.8) is 0 Å². The normalized spacial score (nSPS) is 10.8. The molecular formula is C18H16ClFN4OS. The second kappa shape index (κ2) is 7.88. The van der Waals surface area contributed by atoms with Gasteiger partial charge < -0.3 is 5.32 Å². The molecule has 134 valence electrons. The van der Waals surface area contributed by atoms with Crippen molar-refractivity contribution in [3.05, 3.63) is 64.7 Å². The molecule has 0 fully saturated rings. The third-order valence-electron chi connectivity index (χ3n) is 3.69. The van der Waals surface area contributed by atoms with E-state index in [0.29, 0.717) is 21.7 Å². The summed E-state index contributed by atoms with van der Waals surface area (Å²) in [5.74, 6) is 0.326. The van der Waals surface area contributed by atoms with Crippen LogP contribution in [0.3, 0.4) is 0 Å². The number of carbonyl (C=O) groups excluding carboxylic acids is 1. The Labute approximate surface area is 159 Å². The molecule has 0 unspecified atom stereocenters. The highest BCUT2D eigenvalue weighted by atomic mass is 35.5. The highest BCUT2D eigenvalue weighted by molar-refractivity contribution is 7.99. The Morgan fingerprint density at radius 3 is 2.65 bits per heavy atom. The molecule has 26 heavy (non-hydrogen) atoms. The molecule has 1 aromatic heterocycles. The Bertz CT molecular complexity index is 943. The van der Waals surface area contributed by atoms with Gasteiger partial charge in [-0.1, -0.05) is 29.4 Å². The molecule has 0 bridgehead atoms. The predicted octanol–water partition coefficient (Wildman–Crippen LogP) is 4.41. The molecule has 0 radical (unpaired) electrons. The fourth-order valence-electron chi connectivity index (χ4n) is 2.37. The first-order valence-corrected chi connectivity index (χ1v) is 9.17. The van der Waals surface area contributed by atoms with Crippen LogP contribution < -0.4 is 5.32 Å². The zero-order chi connectivity index (χ0) is 18.7. The SMILES string of the molecule is Cc1ccc(Cl)cc1NC(=O)CSc1nnc(C)n1-c1ccc(F)cc1. The first kappa shape index (κ1) is 18.4. The van der Waals surface area contributed by atoms with E-state index < -0.39 is 0 Å². The van der Waals surface area contributed by atoms with E-state index in [1.807, 2.05) is 13.0 Å². The molecule has 3 aromatic rings. The molecule has 8 heteroatoms. The number of nitrogens with one attached hydrogen (secondary N) is 1. The molecule has 5 nitrogen and oxygen atoms in total. The smallest absolute Gasteiger partial charge is 0.234 e. The van der Waals surface area contributed by atoms with Gasteiger partial charge in [0.1, 0.15) is 11.6 Å². The predicted molar refractivity (Wildman–Crippen MR) is 102 cm³/mol. The van der Waals surface area contributed by atoms with Crippen LogP contribution in [0.15, 0.2) is 47.6 Å². The van der Waals surface area contributed by atoms with Crippen molar-refractivity contribution in [3.8, 4) is 5.69 Å². The number of thioether (sulfide) groups is 1. The number of amides is 1. The lowest BCUT2D eigenvalue weighted by atomic mass is 10.2. The van der Waals surface area contributed by atoms with Gasteiger partial charge in [-0.2, -0.15) is 0 Å². The van der Waals surface area contributed by atoms with Gasteiger partial charge in [0.2, 0.25) is 5.91 Å². The van der Waals surface area contributed by atoms with Crippen molar-refractivity contribution in [1.82, 2.24) is 14.8 Å². The van der Waals surface area contributed by atoms with Gasteiger partial charge in [-0.05, 0) is 55.8 Å². The summed E-state index contributed by atoms with van der Waals surface area (Å²) >= 11 is 7.23. The third kappa shape index (κ3) is 4.23. The summed E-state index contributed by atoms with van der Waals surface area (Å²) < 4.78 is 14.9. The van der Waals surface area contributed by atoms with Crippen LogP contribution in [0.5, 0.6) is 0 Å². The largest absolute Gasteiger partial charge is 0.325 e. The van der Waals surface area contributed by atoms with Crippen molar-refractivity contribution < 1.29 is 9.18 Å².